The molecule has 0 radical (unpaired) electrons. The Balaban J connectivity index is 2.29. The third-order valence-corrected chi connectivity index (χ3v) is 3.24. The summed E-state index contributed by atoms with van der Waals surface area (Å²) in [5.41, 5.74) is 1.11. The van der Waals surface area contributed by atoms with E-state index in [1.807, 2.05) is 30.3 Å². The van der Waals surface area contributed by atoms with Gasteiger partial charge in [0.15, 0.2) is 0 Å². The molecule has 1 aromatic carbocycles. The molecule has 4 heteroatoms. The van der Waals surface area contributed by atoms with Gasteiger partial charge in [-0.1, -0.05) is 23.9 Å². The molecule has 0 atom stereocenters. The Morgan fingerprint density at radius 2 is 2.12 bits per heavy atom. The van der Waals surface area contributed by atoms with Gasteiger partial charge >= 0.3 is 5.97 Å². The van der Waals surface area contributed by atoms with Crippen molar-refractivity contribution in [2.45, 2.75) is 16.8 Å². The highest BCUT2D eigenvalue weighted by atomic mass is 32.2. The number of hydrogen-bond donors (Lipinski definition) is 1. The van der Waals surface area contributed by atoms with Gasteiger partial charge in [0.05, 0.1) is 5.56 Å². The number of carboxylic acids is 1. The number of aromatic nitrogens is 1. The molecule has 0 spiro atoms. The van der Waals surface area contributed by atoms with Crippen LogP contribution in [0.4, 0.5) is 0 Å². The molecule has 0 aliphatic carbocycles. The largest absolute Gasteiger partial charge is 0.478 e. The Kier molecular flexibility index (Phi) is 3.44. The third-order valence-electron chi connectivity index (χ3n) is 2.30. The lowest BCUT2D eigenvalue weighted by Gasteiger charge is -2.04. The lowest BCUT2D eigenvalue weighted by Crippen LogP contribution is -1.99. The number of hydrogen-bond acceptors (Lipinski definition) is 3. The summed E-state index contributed by atoms with van der Waals surface area (Å²) in [6.07, 6.45) is 1.72. The number of nitrogens with zero attached hydrogens (tertiary/aromatic N) is 1. The first-order chi connectivity index (χ1) is 8.16. The van der Waals surface area contributed by atoms with Gasteiger partial charge in [0.1, 0.15) is 5.03 Å². The van der Waals surface area contributed by atoms with E-state index >= 15 is 0 Å². The van der Waals surface area contributed by atoms with Crippen LogP contribution in [-0.2, 0) is 0 Å². The maximum absolute atomic E-state index is 11.0. The standard InChI is InChI=1S/C13H11NO2S/c1-9-5-6-10(8-11(9)13(15)16)17-12-4-2-3-7-14-12/h2-8H,1H3,(H,15,16). The van der Waals surface area contributed by atoms with E-state index < -0.39 is 5.97 Å². The zero-order chi connectivity index (χ0) is 12.3. The van der Waals surface area contributed by atoms with E-state index in [0.29, 0.717) is 5.56 Å². The normalized spacial score (nSPS) is 10.2. The van der Waals surface area contributed by atoms with Crippen molar-refractivity contribution in [1.29, 1.82) is 0 Å². The quantitative estimate of drug-likeness (QED) is 0.901. The summed E-state index contributed by atoms with van der Waals surface area (Å²) in [6.45, 7) is 1.79. The molecule has 17 heavy (non-hydrogen) atoms. The lowest BCUT2D eigenvalue weighted by atomic mass is 10.1. The van der Waals surface area contributed by atoms with Crippen LogP contribution in [0.2, 0.25) is 0 Å². The van der Waals surface area contributed by atoms with Crippen LogP contribution in [0.5, 0.6) is 0 Å². The predicted octanol–water partition coefficient (Wildman–Crippen LogP) is 3.24. The molecule has 0 saturated heterocycles. The van der Waals surface area contributed by atoms with Gasteiger partial charge in [-0.3, -0.25) is 0 Å². The van der Waals surface area contributed by atoms with Gasteiger partial charge in [0.25, 0.3) is 0 Å². The van der Waals surface area contributed by atoms with Crippen molar-refractivity contribution in [3.05, 3.63) is 53.7 Å². The van der Waals surface area contributed by atoms with Gasteiger partial charge in [-0.05, 0) is 36.8 Å². The molecule has 0 aliphatic heterocycles. The molecule has 0 bridgehead atoms. The summed E-state index contributed by atoms with van der Waals surface area (Å²) >= 11 is 1.45. The predicted molar refractivity (Wildman–Crippen MR) is 66.5 cm³/mol. The first-order valence-electron chi connectivity index (χ1n) is 5.09. The minimum atomic E-state index is -0.897. The summed E-state index contributed by atoms with van der Waals surface area (Å²) in [6, 6.07) is 11.0. The molecule has 0 aliphatic rings. The second-order valence-electron chi connectivity index (χ2n) is 3.55. The lowest BCUT2D eigenvalue weighted by molar-refractivity contribution is 0.0696. The monoisotopic (exact) mass is 245 g/mol. The van der Waals surface area contributed by atoms with E-state index in [1.54, 1.807) is 19.2 Å². The number of rotatable bonds is 3. The zero-order valence-electron chi connectivity index (χ0n) is 9.25. The number of benzene rings is 1. The highest BCUT2D eigenvalue weighted by Gasteiger charge is 2.08. The van der Waals surface area contributed by atoms with E-state index in [1.165, 1.54) is 11.8 Å². The van der Waals surface area contributed by atoms with E-state index in [0.717, 1.165) is 15.5 Å². The molecule has 2 rings (SSSR count). The number of pyridine rings is 1. The van der Waals surface area contributed by atoms with E-state index in [9.17, 15) is 4.79 Å². The van der Waals surface area contributed by atoms with Crippen molar-refractivity contribution in [1.82, 2.24) is 4.98 Å². The average molecular weight is 245 g/mol. The molecule has 1 aromatic heterocycles. The maximum atomic E-state index is 11.0. The molecule has 3 nitrogen and oxygen atoms in total. The summed E-state index contributed by atoms with van der Waals surface area (Å²) in [4.78, 5) is 16.1. The molecule has 1 heterocycles. The van der Waals surface area contributed by atoms with Crippen LogP contribution in [0.25, 0.3) is 0 Å². The van der Waals surface area contributed by atoms with E-state index in [2.05, 4.69) is 4.98 Å². The molecule has 1 N–H and O–H groups in total. The van der Waals surface area contributed by atoms with Crippen molar-refractivity contribution in [2.24, 2.45) is 0 Å². The van der Waals surface area contributed by atoms with Crippen LogP contribution >= 0.6 is 11.8 Å². The smallest absolute Gasteiger partial charge is 0.335 e. The molecule has 0 fully saturated rings. The molecule has 2 aromatic rings. The Morgan fingerprint density at radius 1 is 1.29 bits per heavy atom. The molecule has 0 saturated carbocycles. The van der Waals surface area contributed by atoms with Crippen molar-refractivity contribution in [2.75, 3.05) is 0 Å². The Bertz CT molecular complexity index is 540. The Labute approximate surface area is 104 Å². The fraction of sp³-hybridized carbons (Fsp3) is 0.0769. The Hall–Kier alpha value is -1.81. The minimum absolute atomic E-state index is 0.339. The van der Waals surface area contributed by atoms with Gasteiger partial charge in [0, 0.05) is 11.1 Å². The van der Waals surface area contributed by atoms with Crippen molar-refractivity contribution < 1.29 is 9.90 Å². The van der Waals surface area contributed by atoms with Crippen LogP contribution in [0.1, 0.15) is 15.9 Å². The van der Waals surface area contributed by atoms with Gasteiger partial charge in [-0.25, -0.2) is 9.78 Å². The first kappa shape index (κ1) is 11.7. The molecule has 0 unspecified atom stereocenters. The van der Waals surface area contributed by atoms with Crippen molar-refractivity contribution in [3.8, 4) is 0 Å². The van der Waals surface area contributed by atoms with Crippen molar-refractivity contribution >= 4 is 17.7 Å². The number of aromatic carboxylic acids is 1. The highest BCUT2D eigenvalue weighted by Crippen LogP contribution is 2.27. The van der Waals surface area contributed by atoms with Gasteiger partial charge < -0.3 is 5.11 Å². The van der Waals surface area contributed by atoms with Crippen LogP contribution in [0.15, 0.2) is 52.5 Å². The zero-order valence-corrected chi connectivity index (χ0v) is 10.1. The number of carboxylic acid groups (broad SMARTS) is 1. The Morgan fingerprint density at radius 3 is 2.76 bits per heavy atom. The SMILES string of the molecule is Cc1ccc(Sc2ccccn2)cc1C(=O)O. The van der Waals surface area contributed by atoms with E-state index in [-0.39, 0.29) is 0 Å². The van der Waals surface area contributed by atoms with Crippen molar-refractivity contribution in [3.63, 3.8) is 0 Å². The van der Waals surface area contributed by atoms with Crippen LogP contribution in [-0.4, -0.2) is 16.1 Å². The van der Waals surface area contributed by atoms with Crippen LogP contribution in [0.3, 0.4) is 0 Å². The molecular formula is C13H11NO2S. The molecule has 0 amide bonds. The first-order valence-corrected chi connectivity index (χ1v) is 5.91. The second-order valence-corrected chi connectivity index (χ2v) is 4.65. The van der Waals surface area contributed by atoms with Gasteiger partial charge in [-0.15, -0.1) is 0 Å². The average Bonchev–Trinajstić information content (AvgIpc) is 2.32. The third kappa shape index (κ3) is 2.85. The van der Waals surface area contributed by atoms with E-state index in [4.69, 9.17) is 5.11 Å². The maximum Gasteiger partial charge on any atom is 0.335 e. The summed E-state index contributed by atoms with van der Waals surface area (Å²) in [7, 11) is 0. The molecule has 86 valence electrons. The summed E-state index contributed by atoms with van der Waals surface area (Å²) in [5.74, 6) is -0.897. The number of carbonyl (C=O) groups is 1. The summed E-state index contributed by atoms with van der Waals surface area (Å²) in [5, 5.41) is 9.89. The second kappa shape index (κ2) is 5.01. The van der Waals surface area contributed by atoms with Gasteiger partial charge in [0.2, 0.25) is 0 Å². The number of aryl methyl sites for hydroxylation is 1. The highest BCUT2D eigenvalue weighted by molar-refractivity contribution is 7.99. The minimum Gasteiger partial charge on any atom is -0.478 e. The fourth-order valence-electron chi connectivity index (χ4n) is 1.42. The van der Waals surface area contributed by atoms with Crippen LogP contribution < -0.4 is 0 Å². The molecular weight excluding hydrogens is 234 g/mol. The fourth-order valence-corrected chi connectivity index (χ4v) is 2.24. The summed E-state index contributed by atoms with van der Waals surface area (Å²) < 4.78 is 0. The van der Waals surface area contributed by atoms with Gasteiger partial charge in [-0.2, -0.15) is 0 Å². The topological polar surface area (TPSA) is 50.2 Å². The van der Waals surface area contributed by atoms with Crippen LogP contribution in [0, 0.1) is 6.92 Å².